The van der Waals surface area contributed by atoms with Crippen LogP contribution >= 0.6 is 11.3 Å². The Kier molecular flexibility index (Phi) is 4.43. The first-order valence-corrected chi connectivity index (χ1v) is 8.33. The second-order valence-electron chi connectivity index (χ2n) is 5.53. The Morgan fingerprint density at radius 3 is 2.87 bits per heavy atom. The molecular formula is C17H18N2O3S. The number of amides is 1. The second-order valence-corrected chi connectivity index (χ2v) is 6.85. The molecule has 0 N–H and O–H groups in total. The average molecular weight is 330 g/mol. The number of likely N-dealkylation sites (tertiary alicyclic amines) is 1. The van der Waals surface area contributed by atoms with E-state index in [4.69, 9.17) is 0 Å². The minimum absolute atomic E-state index is 0.0638. The molecule has 0 spiro atoms. The fraction of sp³-hybridized carbons (Fsp3) is 0.353. The highest BCUT2D eigenvalue weighted by Crippen LogP contribution is 2.36. The Morgan fingerprint density at radius 1 is 1.35 bits per heavy atom. The predicted octanol–water partition coefficient (Wildman–Crippen LogP) is 3.22. The molecule has 1 fully saturated rings. The van der Waals surface area contributed by atoms with Gasteiger partial charge in [0, 0.05) is 28.1 Å². The van der Waals surface area contributed by atoms with E-state index in [1.165, 1.54) is 29.1 Å². The number of carbonyl (C=O) groups is 2. The van der Waals surface area contributed by atoms with Gasteiger partial charge in [-0.2, -0.15) is 0 Å². The van der Waals surface area contributed by atoms with Crippen molar-refractivity contribution < 1.29 is 14.3 Å². The van der Waals surface area contributed by atoms with Crippen molar-refractivity contribution >= 4 is 23.2 Å². The number of pyridine rings is 1. The summed E-state index contributed by atoms with van der Waals surface area (Å²) >= 11 is 1.73. The molecule has 3 rings (SSSR count). The first kappa shape index (κ1) is 15.7. The van der Waals surface area contributed by atoms with Crippen LogP contribution in [0.15, 0.2) is 30.5 Å². The number of methoxy groups -OCH3 is 1. The van der Waals surface area contributed by atoms with Crippen LogP contribution < -0.4 is 0 Å². The quantitative estimate of drug-likeness (QED) is 0.811. The number of ether oxygens (including phenoxy) is 1. The smallest absolute Gasteiger partial charge is 0.356 e. The number of aromatic nitrogens is 1. The molecule has 1 aliphatic heterocycles. The van der Waals surface area contributed by atoms with Crippen LogP contribution in [0.25, 0.3) is 0 Å². The van der Waals surface area contributed by atoms with E-state index in [1.54, 1.807) is 17.4 Å². The first-order chi connectivity index (χ1) is 11.1. The first-order valence-electron chi connectivity index (χ1n) is 7.52. The minimum Gasteiger partial charge on any atom is -0.464 e. The fourth-order valence-corrected chi connectivity index (χ4v) is 3.91. The average Bonchev–Trinajstić information content (AvgIpc) is 3.22. The van der Waals surface area contributed by atoms with Gasteiger partial charge in [0.25, 0.3) is 5.91 Å². The number of aryl methyl sites for hydroxylation is 1. The molecule has 2 aromatic heterocycles. The van der Waals surface area contributed by atoms with Gasteiger partial charge in [0.05, 0.1) is 13.2 Å². The maximum Gasteiger partial charge on any atom is 0.356 e. The molecule has 23 heavy (non-hydrogen) atoms. The van der Waals surface area contributed by atoms with Crippen molar-refractivity contribution in [3.63, 3.8) is 0 Å². The Morgan fingerprint density at radius 2 is 2.17 bits per heavy atom. The van der Waals surface area contributed by atoms with Gasteiger partial charge >= 0.3 is 5.97 Å². The summed E-state index contributed by atoms with van der Waals surface area (Å²) in [5.41, 5.74) is 0.627. The maximum atomic E-state index is 12.9. The molecule has 0 aliphatic carbocycles. The summed E-state index contributed by atoms with van der Waals surface area (Å²) in [4.78, 5) is 32.8. The van der Waals surface area contributed by atoms with Crippen LogP contribution in [-0.4, -0.2) is 35.4 Å². The normalized spacial score (nSPS) is 17.3. The lowest BCUT2D eigenvalue weighted by molar-refractivity contribution is 0.0594. The molecular weight excluding hydrogens is 312 g/mol. The van der Waals surface area contributed by atoms with E-state index in [-0.39, 0.29) is 17.6 Å². The van der Waals surface area contributed by atoms with Gasteiger partial charge in [-0.05, 0) is 44.0 Å². The fourth-order valence-electron chi connectivity index (χ4n) is 2.88. The predicted molar refractivity (Wildman–Crippen MR) is 87.6 cm³/mol. The number of hydrogen-bond acceptors (Lipinski definition) is 5. The Labute approximate surface area is 138 Å². The summed E-state index contributed by atoms with van der Waals surface area (Å²) in [7, 11) is 1.30. The van der Waals surface area contributed by atoms with Crippen LogP contribution in [0.1, 0.15) is 49.5 Å². The molecule has 1 atom stereocenters. The zero-order chi connectivity index (χ0) is 16.4. The van der Waals surface area contributed by atoms with Gasteiger partial charge in [0.2, 0.25) is 0 Å². The molecule has 0 radical (unpaired) electrons. The second kappa shape index (κ2) is 6.50. The van der Waals surface area contributed by atoms with Gasteiger partial charge in [-0.25, -0.2) is 9.78 Å². The monoisotopic (exact) mass is 330 g/mol. The zero-order valence-electron chi connectivity index (χ0n) is 13.1. The van der Waals surface area contributed by atoms with Gasteiger partial charge in [0.15, 0.2) is 0 Å². The van der Waals surface area contributed by atoms with E-state index >= 15 is 0 Å². The van der Waals surface area contributed by atoms with E-state index in [0.29, 0.717) is 5.56 Å². The molecule has 5 nitrogen and oxygen atoms in total. The van der Waals surface area contributed by atoms with Gasteiger partial charge < -0.3 is 9.64 Å². The van der Waals surface area contributed by atoms with E-state index < -0.39 is 5.97 Å². The standard InChI is InChI=1S/C17H18N2O3S/c1-11-5-6-15(23-11)14-4-3-9-19(14)16(20)12-7-8-18-13(10-12)17(21)22-2/h5-8,10,14H,3-4,9H2,1-2H3. The molecule has 1 amide bonds. The lowest BCUT2D eigenvalue weighted by Crippen LogP contribution is -2.30. The molecule has 3 heterocycles. The molecule has 120 valence electrons. The van der Waals surface area contributed by atoms with Crippen molar-refractivity contribution in [1.82, 2.24) is 9.88 Å². The molecule has 0 bridgehead atoms. The van der Waals surface area contributed by atoms with E-state index in [9.17, 15) is 9.59 Å². The third-order valence-corrected chi connectivity index (χ3v) is 5.11. The topological polar surface area (TPSA) is 59.5 Å². The number of rotatable bonds is 3. The third-order valence-electron chi connectivity index (χ3n) is 4.00. The van der Waals surface area contributed by atoms with Crippen molar-refractivity contribution in [2.24, 2.45) is 0 Å². The molecule has 6 heteroatoms. The van der Waals surface area contributed by atoms with Crippen LogP contribution in [-0.2, 0) is 4.74 Å². The molecule has 1 unspecified atom stereocenters. The van der Waals surface area contributed by atoms with Crippen LogP contribution in [0, 0.1) is 6.92 Å². The van der Waals surface area contributed by atoms with E-state index in [0.717, 1.165) is 19.4 Å². The minimum atomic E-state index is -0.536. The summed E-state index contributed by atoms with van der Waals surface area (Å²) in [6, 6.07) is 7.45. The van der Waals surface area contributed by atoms with E-state index in [2.05, 4.69) is 28.8 Å². The number of thiophene rings is 1. The summed E-state index contributed by atoms with van der Waals surface area (Å²) in [5.74, 6) is -0.599. The Balaban J connectivity index is 1.86. The summed E-state index contributed by atoms with van der Waals surface area (Å²) in [5, 5.41) is 0. The molecule has 0 aromatic carbocycles. The summed E-state index contributed by atoms with van der Waals surface area (Å²) < 4.78 is 4.67. The number of nitrogens with zero attached hydrogens (tertiary/aromatic N) is 2. The molecule has 2 aromatic rings. The Hall–Kier alpha value is -2.21. The summed E-state index contributed by atoms with van der Waals surface area (Å²) in [6.07, 6.45) is 3.43. The van der Waals surface area contributed by atoms with Crippen molar-refractivity contribution in [1.29, 1.82) is 0 Å². The largest absolute Gasteiger partial charge is 0.464 e. The van der Waals surface area contributed by atoms with Crippen LogP contribution in [0.2, 0.25) is 0 Å². The van der Waals surface area contributed by atoms with Crippen LogP contribution in [0.5, 0.6) is 0 Å². The number of esters is 1. The molecule has 1 aliphatic rings. The highest BCUT2D eigenvalue weighted by atomic mass is 32.1. The summed E-state index contributed by atoms with van der Waals surface area (Å²) in [6.45, 7) is 2.80. The third kappa shape index (κ3) is 3.12. The van der Waals surface area contributed by atoms with Crippen molar-refractivity contribution in [3.05, 3.63) is 51.5 Å². The SMILES string of the molecule is COC(=O)c1cc(C(=O)N2CCCC2c2ccc(C)s2)ccn1. The van der Waals surface area contributed by atoms with Gasteiger partial charge in [-0.3, -0.25) is 4.79 Å². The molecule has 1 saturated heterocycles. The van der Waals surface area contributed by atoms with Crippen molar-refractivity contribution in [2.45, 2.75) is 25.8 Å². The zero-order valence-corrected chi connectivity index (χ0v) is 13.9. The van der Waals surface area contributed by atoms with Crippen molar-refractivity contribution in [2.75, 3.05) is 13.7 Å². The highest BCUT2D eigenvalue weighted by molar-refractivity contribution is 7.12. The lowest BCUT2D eigenvalue weighted by Gasteiger charge is -2.24. The Bertz CT molecular complexity index is 741. The maximum absolute atomic E-state index is 12.9. The van der Waals surface area contributed by atoms with Crippen LogP contribution in [0.3, 0.4) is 0 Å². The van der Waals surface area contributed by atoms with Crippen LogP contribution in [0.4, 0.5) is 0 Å². The highest BCUT2D eigenvalue weighted by Gasteiger charge is 2.31. The molecule has 0 saturated carbocycles. The lowest BCUT2D eigenvalue weighted by atomic mass is 10.1. The number of carbonyl (C=O) groups excluding carboxylic acids is 2. The number of hydrogen-bond donors (Lipinski definition) is 0. The van der Waals surface area contributed by atoms with Gasteiger partial charge in [-0.15, -0.1) is 11.3 Å². The van der Waals surface area contributed by atoms with E-state index in [1.807, 2.05) is 4.90 Å². The van der Waals surface area contributed by atoms with Gasteiger partial charge in [-0.1, -0.05) is 0 Å². The van der Waals surface area contributed by atoms with Crippen molar-refractivity contribution in [3.8, 4) is 0 Å². The van der Waals surface area contributed by atoms with Gasteiger partial charge in [0.1, 0.15) is 5.69 Å².